The van der Waals surface area contributed by atoms with Crippen molar-refractivity contribution in [1.29, 1.82) is 0 Å². The van der Waals surface area contributed by atoms with Gasteiger partial charge < -0.3 is 10.4 Å². The van der Waals surface area contributed by atoms with Crippen LogP contribution in [0.5, 0.6) is 0 Å². The summed E-state index contributed by atoms with van der Waals surface area (Å²) < 4.78 is 1.22. The first-order valence-electron chi connectivity index (χ1n) is 6.45. The molecular formula is C12H20N4O3. The first-order chi connectivity index (χ1) is 9.02. The topological polar surface area (TPSA) is 97.1 Å². The number of carbonyl (C=O) groups excluding carboxylic acids is 1. The Morgan fingerprint density at radius 3 is 2.79 bits per heavy atom. The molecule has 0 aliphatic rings. The Bertz CT molecular complexity index is 430. The van der Waals surface area contributed by atoms with Crippen LogP contribution in [0.3, 0.4) is 0 Å². The molecule has 1 heterocycles. The first kappa shape index (κ1) is 15.1. The Kier molecular flexibility index (Phi) is 5.98. The van der Waals surface area contributed by atoms with E-state index in [9.17, 15) is 9.59 Å². The maximum Gasteiger partial charge on any atom is 0.358 e. The van der Waals surface area contributed by atoms with Crippen molar-refractivity contribution < 1.29 is 14.7 Å². The van der Waals surface area contributed by atoms with E-state index >= 15 is 0 Å². The molecule has 0 bridgehead atoms. The lowest BCUT2D eigenvalue weighted by molar-refractivity contribution is -0.122. The maximum absolute atomic E-state index is 11.7. The molecule has 106 valence electrons. The number of aromatic nitrogens is 3. The van der Waals surface area contributed by atoms with Gasteiger partial charge in [0.05, 0.1) is 6.20 Å². The standard InChI is InChI=1S/C12H20N4O3/c1-3-4-5-6-9(2)13-11(17)8-16-7-10(12(18)19)14-15-16/h7,9H,3-6,8H2,1-2H3,(H,13,17)(H,18,19). The van der Waals surface area contributed by atoms with Gasteiger partial charge in [0, 0.05) is 6.04 Å². The molecule has 0 fully saturated rings. The van der Waals surface area contributed by atoms with Crippen molar-refractivity contribution in [2.75, 3.05) is 0 Å². The normalized spacial score (nSPS) is 12.1. The molecule has 1 amide bonds. The lowest BCUT2D eigenvalue weighted by Crippen LogP contribution is -2.35. The van der Waals surface area contributed by atoms with Crippen LogP contribution in [0.2, 0.25) is 0 Å². The molecule has 0 aliphatic carbocycles. The predicted octanol–water partition coefficient (Wildman–Crippen LogP) is 1.06. The van der Waals surface area contributed by atoms with E-state index in [1.54, 1.807) is 0 Å². The summed E-state index contributed by atoms with van der Waals surface area (Å²) in [6.07, 6.45) is 5.58. The highest BCUT2D eigenvalue weighted by Crippen LogP contribution is 2.02. The molecule has 0 saturated heterocycles. The zero-order chi connectivity index (χ0) is 14.3. The van der Waals surface area contributed by atoms with E-state index < -0.39 is 5.97 Å². The molecule has 19 heavy (non-hydrogen) atoms. The molecule has 0 aromatic carbocycles. The van der Waals surface area contributed by atoms with Crippen molar-refractivity contribution in [3.63, 3.8) is 0 Å². The van der Waals surface area contributed by atoms with E-state index in [1.165, 1.54) is 10.9 Å². The molecule has 1 unspecified atom stereocenters. The second-order valence-electron chi connectivity index (χ2n) is 4.57. The maximum atomic E-state index is 11.7. The van der Waals surface area contributed by atoms with Gasteiger partial charge in [0.25, 0.3) is 0 Å². The number of rotatable bonds is 8. The van der Waals surface area contributed by atoms with Gasteiger partial charge in [-0.25, -0.2) is 9.48 Å². The first-order valence-corrected chi connectivity index (χ1v) is 6.45. The third-order valence-corrected chi connectivity index (χ3v) is 2.71. The lowest BCUT2D eigenvalue weighted by Gasteiger charge is -2.13. The van der Waals surface area contributed by atoms with E-state index in [-0.39, 0.29) is 24.2 Å². The average Bonchev–Trinajstić information content (AvgIpc) is 2.77. The molecule has 1 aromatic rings. The molecule has 1 aromatic heterocycles. The smallest absolute Gasteiger partial charge is 0.358 e. The summed E-state index contributed by atoms with van der Waals surface area (Å²) in [6.45, 7) is 4.07. The molecule has 0 radical (unpaired) electrons. The molecule has 0 spiro atoms. The average molecular weight is 268 g/mol. The molecule has 1 rings (SSSR count). The Morgan fingerprint density at radius 1 is 1.47 bits per heavy atom. The highest BCUT2D eigenvalue weighted by Gasteiger charge is 2.12. The highest BCUT2D eigenvalue weighted by atomic mass is 16.4. The van der Waals surface area contributed by atoms with Crippen LogP contribution in [0.25, 0.3) is 0 Å². The number of carbonyl (C=O) groups is 2. The number of nitrogens with zero attached hydrogens (tertiary/aromatic N) is 3. The van der Waals surface area contributed by atoms with Crippen molar-refractivity contribution in [3.8, 4) is 0 Å². The number of amides is 1. The summed E-state index contributed by atoms with van der Waals surface area (Å²) in [5, 5.41) is 18.6. The number of carboxylic acids is 1. The molecule has 0 saturated carbocycles. The summed E-state index contributed by atoms with van der Waals surface area (Å²) in [5.41, 5.74) is -0.163. The van der Waals surface area contributed by atoms with Gasteiger partial charge in [-0.2, -0.15) is 0 Å². The van der Waals surface area contributed by atoms with E-state index in [4.69, 9.17) is 5.11 Å². The molecule has 0 aliphatic heterocycles. The second-order valence-corrected chi connectivity index (χ2v) is 4.57. The number of aromatic carboxylic acids is 1. The Hall–Kier alpha value is -1.92. The number of hydrogen-bond acceptors (Lipinski definition) is 4. The van der Waals surface area contributed by atoms with Crippen LogP contribution in [0.4, 0.5) is 0 Å². The van der Waals surface area contributed by atoms with Crippen LogP contribution in [-0.2, 0) is 11.3 Å². The SMILES string of the molecule is CCCCCC(C)NC(=O)Cn1cc(C(=O)O)nn1. The van der Waals surface area contributed by atoms with Gasteiger partial charge in [-0.15, -0.1) is 5.10 Å². The zero-order valence-electron chi connectivity index (χ0n) is 11.3. The van der Waals surface area contributed by atoms with Gasteiger partial charge in [0.1, 0.15) is 6.54 Å². The highest BCUT2D eigenvalue weighted by molar-refractivity contribution is 5.84. The Balaban J connectivity index is 2.35. The predicted molar refractivity (Wildman–Crippen MR) is 68.7 cm³/mol. The fourth-order valence-corrected chi connectivity index (χ4v) is 1.71. The van der Waals surface area contributed by atoms with Gasteiger partial charge in [-0.1, -0.05) is 31.4 Å². The minimum atomic E-state index is -1.15. The summed E-state index contributed by atoms with van der Waals surface area (Å²) in [5.74, 6) is -1.34. The summed E-state index contributed by atoms with van der Waals surface area (Å²) in [4.78, 5) is 22.3. The van der Waals surface area contributed by atoms with E-state index in [0.717, 1.165) is 25.7 Å². The van der Waals surface area contributed by atoms with Crippen LogP contribution in [0.1, 0.15) is 50.0 Å². The van der Waals surface area contributed by atoms with Crippen molar-refractivity contribution in [2.45, 2.75) is 52.1 Å². The number of unbranched alkanes of at least 4 members (excludes halogenated alkanes) is 2. The second kappa shape index (κ2) is 7.50. The summed E-state index contributed by atoms with van der Waals surface area (Å²) in [6, 6.07) is 0.113. The number of nitrogens with one attached hydrogen (secondary N) is 1. The fraction of sp³-hybridized carbons (Fsp3) is 0.667. The third-order valence-electron chi connectivity index (χ3n) is 2.71. The number of carboxylic acid groups (broad SMARTS) is 1. The zero-order valence-corrected chi connectivity index (χ0v) is 11.3. The van der Waals surface area contributed by atoms with Crippen molar-refractivity contribution in [3.05, 3.63) is 11.9 Å². The van der Waals surface area contributed by atoms with Crippen LogP contribution in [-0.4, -0.2) is 38.0 Å². The Labute approximate surface area is 112 Å². The monoisotopic (exact) mass is 268 g/mol. The number of hydrogen-bond donors (Lipinski definition) is 2. The third kappa shape index (κ3) is 5.50. The summed E-state index contributed by atoms with van der Waals surface area (Å²) >= 11 is 0. The van der Waals surface area contributed by atoms with E-state index in [0.29, 0.717) is 0 Å². The summed E-state index contributed by atoms with van der Waals surface area (Å²) in [7, 11) is 0. The molecule has 7 heteroatoms. The quantitative estimate of drug-likeness (QED) is 0.687. The van der Waals surface area contributed by atoms with Gasteiger partial charge in [0.15, 0.2) is 5.69 Å². The largest absolute Gasteiger partial charge is 0.476 e. The van der Waals surface area contributed by atoms with Crippen molar-refractivity contribution in [1.82, 2.24) is 20.3 Å². The van der Waals surface area contributed by atoms with Gasteiger partial charge >= 0.3 is 5.97 Å². The molecule has 1 atom stereocenters. The van der Waals surface area contributed by atoms with E-state index in [1.807, 2.05) is 6.92 Å². The van der Waals surface area contributed by atoms with Crippen LogP contribution >= 0.6 is 0 Å². The minimum absolute atomic E-state index is 0.0155. The minimum Gasteiger partial charge on any atom is -0.476 e. The van der Waals surface area contributed by atoms with Crippen LogP contribution < -0.4 is 5.32 Å². The van der Waals surface area contributed by atoms with Gasteiger partial charge in [0.2, 0.25) is 5.91 Å². The molecule has 2 N–H and O–H groups in total. The van der Waals surface area contributed by atoms with Crippen molar-refractivity contribution >= 4 is 11.9 Å². The molecule has 7 nitrogen and oxygen atoms in total. The van der Waals surface area contributed by atoms with E-state index in [2.05, 4.69) is 22.6 Å². The molecular weight excluding hydrogens is 248 g/mol. The van der Waals surface area contributed by atoms with Gasteiger partial charge in [-0.3, -0.25) is 4.79 Å². The Morgan fingerprint density at radius 2 is 2.21 bits per heavy atom. The van der Waals surface area contributed by atoms with Gasteiger partial charge in [-0.05, 0) is 13.3 Å². The van der Waals surface area contributed by atoms with Crippen LogP contribution in [0, 0.1) is 0 Å². The van der Waals surface area contributed by atoms with Crippen molar-refractivity contribution in [2.24, 2.45) is 0 Å². The lowest BCUT2D eigenvalue weighted by atomic mass is 10.1. The van der Waals surface area contributed by atoms with Crippen LogP contribution in [0.15, 0.2) is 6.20 Å². The fourth-order valence-electron chi connectivity index (χ4n) is 1.71.